The fourth-order valence-electron chi connectivity index (χ4n) is 3.71. The molecule has 0 aliphatic carbocycles. The maximum atomic E-state index is 12.8. The van der Waals surface area contributed by atoms with Crippen LogP contribution in [-0.2, 0) is 4.79 Å². The maximum absolute atomic E-state index is 12.8. The third kappa shape index (κ3) is 5.18. The third-order valence-electron chi connectivity index (χ3n) is 5.48. The van der Waals surface area contributed by atoms with Crippen molar-refractivity contribution in [3.8, 4) is 0 Å². The van der Waals surface area contributed by atoms with Crippen molar-refractivity contribution >= 4 is 28.9 Å². The number of nitrogens with zero attached hydrogens (tertiary/aromatic N) is 3. The van der Waals surface area contributed by atoms with Crippen LogP contribution in [0, 0.1) is 24.0 Å². The van der Waals surface area contributed by atoms with E-state index in [0.717, 1.165) is 16.8 Å². The molecule has 0 radical (unpaired) electrons. The lowest BCUT2D eigenvalue weighted by Gasteiger charge is -2.34. The van der Waals surface area contributed by atoms with Gasteiger partial charge in [0.1, 0.15) is 5.69 Å². The van der Waals surface area contributed by atoms with Crippen LogP contribution in [0.3, 0.4) is 0 Å². The third-order valence-corrected chi connectivity index (χ3v) is 5.48. The normalized spacial score (nSPS) is 14.2. The topological polar surface area (TPSA) is 108 Å². The van der Waals surface area contributed by atoms with Gasteiger partial charge in [0, 0.05) is 50.5 Å². The number of carbonyl (C=O) groups is 2. The number of anilines is 2. The summed E-state index contributed by atoms with van der Waals surface area (Å²) in [6.45, 7) is 6.19. The van der Waals surface area contributed by atoms with Crippen LogP contribution < -0.4 is 10.6 Å². The van der Waals surface area contributed by atoms with Gasteiger partial charge in [-0.25, -0.2) is 0 Å². The number of nitrogens with one attached hydrogen (secondary N) is 2. The van der Waals surface area contributed by atoms with Crippen LogP contribution in [0.4, 0.5) is 17.1 Å². The van der Waals surface area contributed by atoms with Gasteiger partial charge >= 0.3 is 0 Å². The van der Waals surface area contributed by atoms with E-state index in [1.54, 1.807) is 24.1 Å². The standard InChI is InChI=1S/C22H27N5O4/c1-15-5-4-6-16(2)21(15)24-20(28)14-25-9-11-26(12-10-25)22(29)17-7-8-18(23-3)19(13-17)27(30)31/h4-8,13,23H,9-12,14H2,1-3H3,(H,24,28). The van der Waals surface area contributed by atoms with Crippen molar-refractivity contribution in [3.05, 3.63) is 63.2 Å². The smallest absolute Gasteiger partial charge is 0.293 e. The predicted molar refractivity (Wildman–Crippen MR) is 120 cm³/mol. The molecule has 0 atom stereocenters. The highest BCUT2D eigenvalue weighted by Crippen LogP contribution is 2.26. The van der Waals surface area contributed by atoms with E-state index in [9.17, 15) is 19.7 Å². The number of aryl methyl sites for hydroxylation is 2. The minimum atomic E-state index is -0.505. The number of nitro benzene ring substituents is 1. The fraction of sp³-hybridized carbons (Fsp3) is 0.364. The summed E-state index contributed by atoms with van der Waals surface area (Å²) in [5.74, 6) is -0.333. The number of benzene rings is 2. The van der Waals surface area contributed by atoms with Crippen LogP contribution in [-0.4, -0.2) is 66.3 Å². The Bertz CT molecular complexity index is 979. The molecule has 9 heteroatoms. The van der Waals surface area contributed by atoms with Crippen molar-refractivity contribution in [3.63, 3.8) is 0 Å². The molecule has 0 spiro atoms. The Morgan fingerprint density at radius 1 is 1.06 bits per heavy atom. The molecule has 9 nitrogen and oxygen atoms in total. The lowest BCUT2D eigenvalue weighted by Crippen LogP contribution is -2.50. The molecule has 0 aromatic heterocycles. The summed E-state index contributed by atoms with van der Waals surface area (Å²) in [5.41, 5.74) is 3.39. The second kappa shape index (κ2) is 9.57. The summed E-state index contributed by atoms with van der Waals surface area (Å²) in [7, 11) is 1.60. The average Bonchev–Trinajstić information content (AvgIpc) is 2.76. The second-order valence-corrected chi connectivity index (χ2v) is 7.62. The minimum absolute atomic E-state index is 0.0875. The summed E-state index contributed by atoms with van der Waals surface area (Å²) < 4.78 is 0. The van der Waals surface area contributed by atoms with E-state index < -0.39 is 4.92 Å². The maximum Gasteiger partial charge on any atom is 0.293 e. The number of rotatable bonds is 6. The highest BCUT2D eigenvalue weighted by molar-refractivity contribution is 5.96. The highest BCUT2D eigenvalue weighted by Gasteiger charge is 2.25. The molecule has 2 amide bonds. The quantitative estimate of drug-likeness (QED) is 0.544. The van der Waals surface area contributed by atoms with Gasteiger partial charge in [-0.3, -0.25) is 24.6 Å². The molecule has 2 N–H and O–H groups in total. The van der Waals surface area contributed by atoms with Crippen LogP contribution in [0.1, 0.15) is 21.5 Å². The Morgan fingerprint density at radius 2 is 1.71 bits per heavy atom. The largest absolute Gasteiger partial charge is 0.383 e. The van der Waals surface area contributed by atoms with Crippen LogP contribution in [0.25, 0.3) is 0 Å². The Hall–Kier alpha value is -3.46. The van der Waals surface area contributed by atoms with Crippen molar-refractivity contribution in [2.24, 2.45) is 0 Å². The lowest BCUT2D eigenvalue weighted by molar-refractivity contribution is -0.384. The van der Waals surface area contributed by atoms with Crippen molar-refractivity contribution in [1.29, 1.82) is 0 Å². The first-order valence-electron chi connectivity index (χ1n) is 10.1. The summed E-state index contributed by atoms with van der Waals surface area (Å²) in [6.07, 6.45) is 0. The molecule has 1 aliphatic rings. The molecule has 1 saturated heterocycles. The molecule has 3 rings (SSSR count). The zero-order chi connectivity index (χ0) is 22.5. The molecule has 31 heavy (non-hydrogen) atoms. The van der Waals surface area contributed by atoms with Gasteiger partial charge in [-0.15, -0.1) is 0 Å². The molecular weight excluding hydrogens is 398 g/mol. The van der Waals surface area contributed by atoms with E-state index in [1.807, 2.05) is 36.9 Å². The fourth-order valence-corrected chi connectivity index (χ4v) is 3.71. The molecule has 2 aromatic carbocycles. The Balaban J connectivity index is 1.57. The van der Waals surface area contributed by atoms with Crippen LogP contribution in [0.2, 0.25) is 0 Å². The first-order valence-corrected chi connectivity index (χ1v) is 10.1. The predicted octanol–water partition coefficient (Wildman–Crippen LogP) is 2.65. The molecular formula is C22H27N5O4. The number of amides is 2. The Morgan fingerprint density at radius 3 is 2.29 bits per heavy atom. The van der Waals surface area contributed by atoms with Gasteiger partial charge in [0.25, 0.3) is 11.6 Å². The van der Waals surface area contributed by atoms with Crippen molar-refractivity contribution < 1.29 is 14.5 Å². The highest BCUT2D eigenvalue weighted by atomic mass is 16.6. The first kappa shape index (κ1) is 22.2. The minimum Gasteiger partial charge on any atom is -0.383 e. The van der Waals surface area contributed by atoms with Gasteiger partial charge in [0.15, 0.2) is 0 Å². The van der Waals surface area contributed by atoms with Gasteiger partial charge in [-0.1, -0.05) is 18.2 Å². The van der Waals surface area contributed by atoms with Gasteiger partial charge in [0.2, 0.25) is 5.91 Å². The molecule has 0 bridgehead atoms. The van der Waals surface area contributed by atoms with Gasteiger partial charge in [-0.05, 0) is 37.1 Å². The number of para-hydroxylation sites is 1. The number of carbonyl (C=O) groups excluding carboxylic acids is 2. The number of nitro groups is 1. The average molecular weight is 425 g/mol. The van der Waals surface area contributed by atoms with Crippen LogP contribution in [0.15, 0.2) is 36.4 Å². The molecule has 0 unspecified atom stereocenters. The second-order valence-electron chi connectivity index (χ2n) is 7.62. The van der Waals surface area contributed by atoms with Crippen LogP contribution >= 0.6 is 0 Å². The number of piperazine rings is 1. The summed E-state index contributed by atoms with van der Waals surface area (Å²) in [6, 6.07) is 10.3. The molecule has 1 aliphatic heterocycles. The van der Waals surface area contributed by atoms with E-state index in [-0.39, 0.29) is 29.6 Å². The summed E-state index contributed by atoms with van der Waals surface area (Å²) in [5, 5.41) is 17.0. The van der Waals surface area contributed by atoms with Gasteiger partial charge in [-0.2, -0.15) is 0 Å². The van der Waals surface area contributed by atoms with E-state index in [4.69, 9.17) is 0 Å². The molecule has 2 aromatic rings. The van der Waals surface area contributed by atoms with E-state index in [0.29, 0.717) is 31.9 Å². The lowest BCUT2D eigenvalue weighted by atomic mass is 10.1. The van der Waals surface area contributed by atoms with Crippen molar-refractivity contribution in [2.45, 2.75) is 13.8 Å². The Labute approximate surface area is 181 Å². The molecule has 0 saturated carbocycles. The monoisotopic (exact) mass is 425 g/mol. The SMILES string of the molecule is CNc1ccc(C(=O)N2CCN(CC(=O)Nc3c(C)cccc3C)CC2)cc1[N+](=O)[O-]. The van der Waals surface area contributed by atoms with Crippen molar-refractivity contribution in [1.82, 2.24) is 9.80 Å². The van der Waals surface area contributed by atoms with Gasteiger partial charge < -0.3 is 15.5 Å². The summed E-state index contributed by atoms with van der Waals surface area (Å²) >= 11 is 0. The number of hydrogen-bond acceptors (Lipinski definition) is 6. The van der Waals surface area contributed by atoms with E-state index in [1.165, 1.54) is 6.07 Å². The summed E-state index contributed by atoms with van der Waals surface area (Å²) in [4.78, 5) is 39.7. The van der Waals surface area contributed by atoms with E-state index in [2.05, 4.69) is 10.6 Å². The van der Waals surface area contributed by atoms with Gasteiger partial charge in [0.05, 0.1) is 11.5 Å². The van der Waals surface area contributed by atoms with E-state index >= 15 is 0 Å². The number of hydrogen-bond donors (Lipinski definition) is 2. The molecule has 1 heterocycles. The van der Waals surface area contributed by atoms with Crippen molar-refractivity contribution in [2.75, 3.05) is 50.4 Å². The molecule has 164 valence electrons. The first-order chi connectivity index (χ1) is 14.8. The Kier molecular flexibility index (Phi) is 6.86. The molecule has 1 fully saturated rings. The zero-order valence-corrected chi connectivity index (χ0v) is 18.0. The zero-order valence-electron chi connectivity index (χ0n) is 18.0. The van der Waals surface area contributed by atoms with Crippen LogP contribution in [0.5, 0.6) is 0 Å².